The zero-order valence-electron chi connectivity index (χ0n) is 23.9. The van der Waals surface area contributed by atoms with Gasteiger partial charge in [-0.15, -0.1) is 6.58 Å². The van der Waals surface area contributed by atoms with Crippen molar-refractivity contribution in [2.45, 2.75) is 77.0 Å². The summed E-state index contributed by atoms with van der Waals surface area (Å²) in [4.78, 5) is 0. The van der Waals surface area contributed by atoms with Crippen LogP contribution in [0.3, 0.4) is 0 Å². The maximum atomic E-state index is 15.4. The van der Waals surface area contributed by atoms with Gasteiger partial charge in [0, 0.05) is 11.1 Å². The first-order valence-electron chi connectivity index (χ1n) is 15.2. The summed E-state index contributed by atoms with van der Waals surface area (Å²) in [6.07, 6.45) is 13.6. The Labute approximate surface area is 241 Å². The first-order valence-corrected chi connectivity index (χ1v) is 15.2. The van der Waals surface area contributed by atoms with Crippen molar-refractivity contribution in [1.29, 1.82) is 0 Å². The van der Waals surface area contributed by atoms with Crippen molar-refractivity contribution in [1.82, 2.24) is 0 Å². The van der Waals surface area contributed by atoms with Gasteiger partial charge in [-0.25, -0.2) is 13.2 Å². The molecule has 0 bridgehead atoms. The molecule has 3 aromatic rings. The molecule has 0 unspecified atom stereocenters. The average molecular weight is 565 g/mol. The third-order valence-electron chi connectivity index (χ3n) is 9.51. The molecule has 2 fully saturated rings. The van der Waals surface area contributed by atoms with E-state index < -0.39 is 23.3 Å². The van der Waals surface area contributed by atoms with E-state index in [1.807, 2.05) is 6.08 Å². The second kappa shape index (κ2) is 13.3. The summed E-state index contributed by atoms with van der Waals surface area (Å²) < 4.78 is 64.8. The molecule has 0 spiro atoms. The van der Waals surface area contributed by atoms with Gasteiger partial charge in [0.15, 0.2) is 23.2 Å². The Balaban J connectivity index is 1.23. The van der Waals surface area contributed by atoms with E-state index in [-0.39, 0.29) is 29.4 Å². The smallest absolute Gasteiger partial charge is 0.201 e. The molecule has 0 atom stereocenters. The molecule has 5 rings (SSSR count). The van der Waals surface area contributed by atoms with Gasteiger partial charge in [-0.3, -0.25) is 0 Å². The van der Waals surface area contributed by atoms with Crippen LogP contribution < -0.4 is 4.74 Å². The molecule has 2 aliphatic rings. The van der Waals surface area contributed by atoms with Crippen LogP contribution in [-0.2, 0) is 0 Å². The number of rotatable bonds is 9. The average Bonchev–Trinajstić information content (AvgIpc) is 3.00. The van der Waals surface area contributed by atoms with Crippen LogP contribution in [0.25, 0.3) is 22.3 Å². The third kappa shape index (κ3) is 6.39. The Morgan fingerprint density at radius 1 is 0.683 bits per heavy atom. The first-order chi connectivity index (χ1) is 19.9. The van der Waals surface area contributed by atoms with Crippen LogP contribution >= 0.6 is 0 Å². The van der Waals surface area contributed by atoms with Crippen LogP contribution in [-0.4, -0.2) is 6.61 Å². The number of ether oxygens (including phenoxy) is 1. The zero-order chi connectivity index (χ0) is 28.9. The minimum atomic E-state index is -1.04. The Bertz CT molecular complexity index is 1330. The molecule has 0 N–H and O–H groups in total. The monoisotopic (exact) mass is 564 g/mol. The first kappa shape index (κ1) is 29.4. The number of halogens is 4. The summed E-state index contributed by atoms with van der Waals surface area (Å²) in [6, 6.07) is 12.6. The lowest BCUT2D eigenvalue weighted by Gasteiger charge is -2.38. The fraction of sp³-hybridized carbons (Fsp3) is 0.444. The van der Waals surface area contributed by atoms with E-state index in [1.165, 1.54) is 44.2 Å². The maximum Gasteiger partial charge on any atom is 0.201 e. The van der Waals surface area contributed by atoms with Crippen molar-refractivity contribution in [2.75, 3.05) is 6.61 Å². The molecule has 1 nitrogen and oxygen atoms in total. The molecule has 218 valence electrons. The SMILES string of the molecule is C=CCCC1CCC(C2CCC(c3ccc(-c4ccc(-c5ccc(OCC)c(F)c5F)cc4)c(F)c3F)CC2)CC1. The van der Waals surface area contributed by atoms with Gasteiger partial charge in [-0.05, 0) is 111 Å². The van der Waals surface area contributed by atoms with Crippen LogP contribution in [0.4, 0.5) is 17.6 Å². The van der Waals surface area contributed by atoms with Crippen molar-refractivity contribution in [3.05, 3.63) is 90.0 Å². The molecule has 0 heterocycles. The van der Waals surface area contributed by atoms with E-state index in [1.54, 1.807) is 43.3 Å². The minimum Gasteiger partial charge on any atom is -0.491 e. The number of hydrogen-bond donors (Lipinski definition) is 0. The molecule has 41 heavy (non-hydrogen) atoms. The molecule has 0 aliphatic heterocycles. The van der Waals surface area contributed by atoms with Crippen molar-refractivity contribution in [2.24, 2.45) is 17.8 Å². The van der Waals surface area contributed by atoms with Crippen molar-refractivity contribution >= 4 is 0 Å². The van der Waals surface area contributed by atoms with Gasteiger partial charge < -0.3 is 4.74 Å². The van der Waals surface area contributed by atoms with Gasteiger partial charge in [0.1, 0.15) is 0 Å². The maximum absolute atomic E-state index is 15.4. The van der Waals surface area contributed by atoms with Gasteiger partial charge in [-0.1, -0.05) is 55.3 Å². The molecule has 0 amide bonds. The summed E-state index contributed by atoms with van der Waals surface area (Å²) in [5, 5.41) is 0. The summed E-state index contributed by atoms with van der Waals surface area (Å²) >= 11 is 0. The molecular formula is C36H40F4O. The van der Waals surface area contributed by atoms with E-state index in [0.29, 0.717) is 22.6 Å². The fourth-order valence-electron chi connectivity index (χ4n) is 7.16. The van der Waals surface area contributed by atoms with Crippen molar-refractivity contribution in [3.63, 3.8) is 0 Å². The minimum absolute atomic E-state index is 0.0404. The fourth-order valence-corrected chi connectivity index (χ4v) is 7.16. The molecule has 2 aliphatic carbocycles. The highest BCUT2D eigenvalue weighted by Crippen LogP contribution is 2.45. The van der Waals surface area contributed by atoms with Crippen LogP contribution in [0, 0.1) is 41.0 Å². The predicted octanol–water partition coefficient (Wildman–Crippen LogP) is 11.0. The van der Waals surface area contributed by atoms with Gasteiger partial charge in [0.05, 0.1) is 6.61 Å². The predicted molar refractivity (Wildman–Crippen MR) is 158 cm³/mol. The van der Waals surface area contributed by atoms with Gasteiger partial charge in [0.2, 0.25) is 5.82 Å². The summed E-state index contributed by atoms with van der Waals surface area (Å²) in [5.74, 6) is -1.46. The highest BCUT2D eigenvalue weighted by molar-refractivity contribution is 5.72. The molecule has 0 saturated heterocycles. The second-order valence-corrected chi connectivity index (χ2v) is 11.8. The molecule has 3 aromatic carbocycles. The Hall–Kier alpha value is -3.08. The highest BCUT2D eigenvalue weighted by Gasteiger charge is 2.32. The lowest BCUT2D eigenvalue weighted by Crippen LogP contribution is -2.25. The molecule has 0 aromatic heterocycles. The van der Waals surface area contributed by atoms with Crippen LogP contribution in [0.1, 0.15) is 82.6 Å². The van der Waals surface area contributed by atoms with Gasteiger partial charge in [-0.2, -0.15) is 4.39 Å². The normalized spacial score (nSPS) is 22.9. The topological polar surface area (TPSA) is 9.23 Å². The second-order valence-electron chi connectivity index (χ2n) is 11.8. The van der Waals surface area contributed by atoms with E-state index in [0.717, 1.165) is 43.9 Å². The van der Waals surface area contributed by atoms with E-state index >= 15 is 8.78 Å². The van der Waals surface area contributed by atoms with Gasteiger partial charge in [0.25, 0.3) is 0 Å². The Morgan fingerprint density at radius 3 is 1.78 bits per heavy atom. The Kier molecular flexibility index (Phi) is 9.52. The highest BCUT2D eigenvalue weighted by atomic mass is 19.2. The third-order valence-corrected chi connectivity index (χ3v) is 9.51. The standard InChI is InChI=1S/C36H40F4O/c1-3-5-6-23-7-9-24(10-8-23)25-11-13-26(14-12-25)29-19-20-30(34(38)33(29)37)27-15-17-28(18-16-27)31-21-22-32(41-4-2)36(40)35(31)39/h3,15-26H,1,4-14H2,2H3. The van der Waals surface area contributed by atoms with Crippen LogP contribution in [0.2, 0.25) is 0 Å². The summed E-state index contributed by atoms with van der Waals surface area (Å²) in [6.45, 7) is 5.77. The van der Waals surface area contributed by atoms with Crippen LogP contribution in [0.5, 0.6) is 5.75 Å². The molecular weight excluding hydrogens is 524 g/mol. The zero-order valence-corrected chi connectivity index (χ0v) is 23.9. The van der Waals surface area contributed by atoms with Crippen molar-refractivity contribution < 1.29 is 22.3 Å². The van der Waals surface area contributed by atoms with Crippen LogP contribution in [0.15, 0.2) is 61.2 Å². The lowest BCUT2D eigenvalue weighted by molar-refractivity contribution is 0.156. The number of hydrogen-bond acceptors (Lipinski definition) is 1. The largest absolute Gasteiger partial charge is 0.491 e. The lowest BCUT2D eigenvalue weighted by atomic mass is 9.68. The van der Waals surface area contributed by atoms with Crippen molar-refractivity contribution in [3.8, 4) is 28.0 Å². The molecule has 5 heteroatoms. The quantitative estimate of drug-likeness (QED) is 0.186. The van der Waals surface area contributed by atoms with E-state index in [2.05, 4.69) is 6.58 Å². The number of allylic oxidation sites excluding steroid dienone is 1. The molecule has 2 saturated carbocycles. The van der Waals surface area contributed by atoms with E-state index in [4.69, 9.17) is 4.74 Å². The summed E-state index contributed by atoms with van der Waals surface area (Å²) in [5.41, 5.74) is 1.64. The summed E-state index contributed by atoms with van der Waals surface area (Å²) in [7, 11) is 0. The number of benzene rings is 3. The van der Waals surface area contributed by atoms with E-state index in [9.17, 15) is 8.78 Å². The van der Waals surface area contributed by atoms with Gasteiger partial charge >= 0.3 is 0 Å². The Morgan fingerprint density at radius 2 is 1.22 bits per heavy atom. The molecule has 0 radical (unpaired) electrons.